The quantitative estimate of drug-likeness (QED) is 0.248. The Bertz CT molecular complexity index is 561. The Hall–Kier alpha value is -1.07. The number of guanidine groups is 1. The lowest BCUT2D eigenvalue weighted by molar-refractivity contribution is 0.414. The summed E-state index contributed by atoms with van der Waals surface area (Å²) < 4.78 is 29.3. The smallest absolute Gasteiger partial charge is 0.208 e. The Morgan fingerprint density at radius 3 is 2.32 bits per heavy atom. The third kappa shape index (κ3) is 9.05. The number of methoxy groups -OCH3 is 1. The van der Waals surface area contributed by atoms with E-state index in [1.807, 2.05) is 24.3 Å². The molecule has 0 spiro atoms. The van der Waals surface area contributed by atoms with Gasteiger partial charge in [0.1, 0.15) is 5.75 Å². The van der Waals surface area contributed by atoms with Gasteiger partial charge in [-0.15, -0.1) is 24.0 Å². The molecule has 0 heterocycles. The van der Waals surface area contributed by atoms with Crippen molar-refractivity contribution >= 4 is 40.0 Å². The van der Waals surface area contributed by atoms with Crippen molar-refractivity contribution < 1.29 is 13.2 Å². The van der Waals surface area contributed by atoms with Crippen molar-refractivity contribution in [1.82, 2.24) is 15.4 Å². The zero-order valence-electron chi connectivity index (χ0n) is 12.9. The molecule has 7 nitrogen and oxygen atoms in total. The maximum atomic E-state index is 10.9. The maximum absolute atomic E-state index is 10.9. The number of halogens is 1. The third-order valence-corrected chi connectivity index (χ3v) is 3.35. The average Bonchev–Trinajstić information content (AvgIpc) is 2.46. The summed E-state index contributed by atoms with van der Waals surface area (Å²) in [6.07, 6.45) is 1.13. The molecule has 0 atom stereocenters. The minimum Gasteiger partial charge on any atom is -0.497 e. The molecule has 1 aromatic carbocycles. The summed E-state index contributed by atoms with van der Waals surface area (Å²) in [7, 11) is 0.136. The number of sulfonamides is 1. The van der Waals surface area contributed by atoms with Crippen molar-refractivity contribution in [2.45, 2.75) is 6.54 Å². The molecule has 22 heavy (non-hydrogen) atoms. The van der Waals surface area contributed by atoms with Crippen molar-refractivity contribution in [2.24, 2.45) is 4.99 Å². The normalized spacial score (nSPS) is 11.5. The molecule has 0 aromatic heterocycles. The maximum Gasteiger partial charge on any atom is 0.208 e. The fourth-order valence-corrected chi connectivity index (χ4v) is 2.04. The van der Waals surface area contributed by atoms with Gasteiger partial charge in [-0.2, -0.15) is 0 Å². The van der Waals surface area contributed by atoms with E-state index in [1.54, 1.807) is 14.2 Å². The van der Waals surface area contributed by atoms with Gasteiger partial charge in [0.05, 0.1) is 13.4 Å². The summed E-state index contributed by atoms with van der Waals surface area (Å²) in [6.45, 7) is 1.38. The van der Waals surface area contributed by atoms with E-state index in [-0.39, 0.29) is 24.0 Å². The van der Waals surface area contributed by atoms with Gasteiger partial charge in [-0.25, -0.2) is 13.1 Å². The summed E-state index contributed by atoms with van der Waals surface area (Å²) >= 11 is 0. The lowest BCUT2D eigenvalue weighted by atomic mass is 10.2. The zero-order chi connectivity index (χ0) is 15.7. The third-order valence-electron chi connectivity index (χ3n) is 2.62. The fourth-order valence-electron chi connectivity index (χ4n) is 1.57. The second-order valence-electron chi connectivity index (χ2n) is 4.37. The molecule has 9 heteroatoms. The van der Waals surface area contributed by atoms with Crippen molar-refractivity contribution in [1.29, 1.82) is 0 Å². The first-order valence-electron chi connectivity index (χ1n) is 6.46. The Morgan fingerprint density at radius 1 is 1.18 bits per heavy atom. The highest BCUT2D eigenvalue weighted by atomic mass is 127. The van der Waals surface area contributed by atoms with Crippen LogP contribution in [0, 0.1) is 0 Å². The molecule has 3 N–H and O–H groups in total. The van der Waals surface area contributed by atoms with Crippen LogP contribution in [0.3, 0.4) is 0 Å². The van der Waals surface area contributed by atoms with Crippen molar-refractivity contribution in [3.8, 4) is 5.75 Å². The van der Waals surface area contributed by atoms with Crippen LogP contribution in [0.4, 0.5) is 0 Å². The summed E-state index contributed by atoms with van der Waals surface area (Å²) in [5.41, 5.74) is 1.09. The molecule has 0 bridgehead atoms. The number of hydrogen-bond donors (Lipinski definition) is 3. The monoisotopic (exact) mass is 442 g/mol. The average molecular weight is 442 g/mol. The number of aliphatic imine (C=N–C) groups is 1. The van der Waals surface area contributed by atoms with Gasteiger partial charge >= 0.3 is 0 Å². The molecule has 0 fully saturated rings. The number of ether oxygens (including phenoxy) is 1. The van der Waals surface area contributed by atoms with Crippen LogP contribution in [0.1, 0.15) is 5.56 Å². The van der Waals surface area contributed by atoms with Crippen LogP contribution in [0.15, 0.2) is 29.3 Å². The van der Waals surface area contributed by atoms with E-state index in [4.69, 9.17) is 4.74 Å². The van der Waals surface area contributed by atoms with Crippen LogP contribution in [0.5, 0.6) is 5.75 Å². The Labute approximate surface area is 149 Å². The van der Waals surface area contributed by atoms with Crippen LogP contribution in [-0.4, -0.2) is 47.9 Å². The van der Waals surface area contributed by atoms with E-state index in [9.17, 15) is 8.42 Å². The zero-order valence-corrected chi connectivity index (χ0v) is 16.1. The minimum atomic E-state index is -3.15. The van der Waals surface area contributed by atoms with Gasteiger partial charge in [-0.3, -0.25) is 4.99 Å². The number of nitrogens with zero attached hydrogens (tertiary/aromatic N) is 1. The number of hydrogen-bond acceptors (Lipinski definition) is 4. The van der Waals surface area contributed by atoms with E-state index in [0.717, 1.165) is 17.6 Å². The molecule has 126 valence electrons. The van der Waals surface area contributed by atoms with Crippen LogP contribution < -0.4 is 20.1 Å². The molecule has 0 aliphatic rings. The predicted molar refractivity (Wildman–Crippen MR) is 99.5 cm³/mol. The Kier molecular flexibility index (Phi) is 10.1. The molecular formula is C13H23IN4O3S. The number of nitrogens with one attached hydrogen (secondary N) is 3. The molecule has 0 radical (unpaired) electrons. The summed E-state index contributed by atoms with van der Waals surface area (Å²) in [6, 6.07) is 7.71. The molecule has 0 unspecified atom stereocenters. The topological polar surface area (TPSA) is 91.8 Å². The molecule has 0 saturated heterocycles. The summed E-state index contributed by atoms with van der Waals surface area (Å²) in [4.78, 5) is 4.06. The van der Waals surface area contributed by atoms with E-state index in [2.05, 4.69) is 20.3 Å². The van der Waals surface area contributed by atoms with Crippen molar-refractivity contribution in [3.63, 3.8) is 0 Å². The molecule has 0 aliphatic carbocycles. The molecular weight excluding hydrogens is 419 g/mol. The van der Waals surface area contributed by atoms with E-state index in [1.165, 1.54) is 0 Å². The van der Waals surface area contributed by atoms with Gasteiger partial charge in [0.15, 0.2) is 5.96 Å². The second-order valence-corrected chi connectivity index (χ2v) is 6.20. The van der Waals surface area contributed by atoms with E-state index in [0.29, 0.717) is 25.6 Å². The van der Waals surface area contributed by atoms with Crippen LogP contribution >= 0.6 is 24.0 Å². The van der Waals surface area contributed by atoms with Crippen LogP contribution in [0.2, 0.25) is 0 Å². The van der Waals surface area contributed by atoms with E-state index < -0.39 is 10.0 Å². The predicted octanol–water partition coefficient (Wildman–Crippen LogP) is 0.527. The van der Waals surface area contributed by atoms with Gasteiger partial charge in [0.25, 0.3) is 0 Å². The lowest BCUT2D eigenvalue weighted by Crippen LogP contribution is -2.41. The SMILES string of the molecule is CN=C(NCCNS(C)(=O)=O)NCc1ccc(OC)cc1.I. The van der Waals surface area contributed by atoms with E-state index >= 15 is 0 Å². The fraction of sp³-hybridized carbons (Fsp3) is 0.462. The highest BCUT2D eigenvalue weighted by Crippen LogP contribution is 2.10. The van der Waals surface area contributed by atoms with Crippen molar-refractivity contribution in [2.75, 3.05) is 33.5 Å². The first-order valence-corrected chi connectivity index (χ1v) is 8.36. The van der Waals surface area contributed by atoms with Gasteiger partial charge in [-0.05, 0) is 17.7 Å². The molecule has 0 aliphatic heterocycles. The Balaban J connectivity index is 0.00000441. The van der Waals surface area contributed by atoms with Gasteiger partial charge in [0, 0.05) is 26.7 Å². The van der Waals surface area contributed by atoms with Gasteiger partial charge < -0.3 is 15.4 Å². The molecule has 1 aromatic rings. The van der Waals surface area contributed by atoms with Gasteiger partial charge in [0.2, 0.25) is 10.0 Å². The number of benzene rings is 1. The van der Waals surface area contributed by atoms with Crippen molar-refractivity contribution in [3.05, 3.63) is 29.8 Å². The first kappa shape index (κ1) is 20.9. The Morgan fingerprint density at radius 2 is 1.82 bits per heavy atom. The highest BCUT2D eigenvalue weighted by molar-refractivity contribution is 14.0. The van der Waals surface area contributed by atoms with Gasteiger partial charge in [-0.1, -0.05) is 12.1 Å². The second kappa shape index (κ2) is 10.6. The largest absolute Gasteiger partial charge is 0.497 e. The first-order chi connectivity index (χ1) is 9.94. The minimum absolute atomic E-state index is 0. The van der Waals surface area contributed by atoms with Crippen LogP contribution in [-0.2, 0) is 16.6 Å². The lowest BCUT2D eigenvalue weighted by Gasteiger charge is -2.12. The summed E-state index contributed by atoms with van der Waals surface area (Å²) in [5.74, 6) is 1.43. The molecule has 0 saturated carbocycles. The molecule has 0 amide bonds. The number of rotatable bonds is 7. The highest BCUT2D eigenvalue weighted by Gasteiger charge is 2.01. The standard InChI is InChI=1S/C13H22N4O3S.HI/c1-14-13(15-8-9-17-21(3,18)19)16-10-11-4-6-12(20-2)7-5-11;/h4-7,17H,8-10H2,1-3H3,(H2,14,15,16);1H. The summed E-state index contributed by atoms with van der Waals surface area (Å²) in [5, 5.41) is 6.16. The molecule has 1 rings (SSSR count). The van der Waals surface area contributed by atoms with Crippen LogP contribution in [0.25, 0.3) is 0 Å².